The summed E-state index contributed by atoms with van der Waals surface area (Å²) in [6.45, 7) is 10.3. The van der Waals surface area contributed by atoms with E-state index in [1.807, 2.05) is 0 Å². The first-order chi connectivity index (χ1) is 9.16. The van der Waals surface area contributed by atoms with Gasteiger partial charge in [-0.25, -0.2) is 0 Å². The van der Waals surface area contributed by atoms with Crippen LogP contribution in [0.4, 0.5) is 0 Å². The second-order valence-electron chi connectivity index (χ2n) is 7.55. The monoisotopic (exact) mass is 321 g/mol. The number of hydrogen-bond acceptors (Lipinski definition) is 3. The number of rotatable bonds is 6. The quantitative estimate of drug-likeness (QED) is 0.648. The van der Waals surface area contributed by atoms with Crippen LogP contribution in [-0.4, -0.2) is 33.2 Å². The lowest BCUT2D eigenvalue weighted by Crippen LogP contribution is -2.55. The van der Waals surface area contributed by atoms with Crippen molar-refractivity contribution >= 4 is 20.0 Å². The molecule has 0 radical (unpaired) electrons. The predicted octanol–water partition coefficient (Wildman–Crippen LogP) is 2.98. The zero-order valence-electron chi connectivity index (χ0n) is 13.5. The molecule has 0 aliphatic rings. The van der Waals surface area contributed by atoms with E-state index in [-0.39, 0.29) is 6.42 Å². The van der Waals surface area contributed by atoms with Gasteiger partial charge in [-0.2, -0.15) is 4.89 Å². The first-order valence-corrected chi connectivity index (χ1v) is 8.14. The smallest absolute Gasteiger partial charge is 0.481 e. The minimum absolute atomic E-state index is 0.365. The van der Waals surface area contributed by atoms with E-state index in [4.69, 9.17) is 5.11 Å². The first kappa shape index (κ1) is 20.0. The maximum absolute atomic E-state index is 12.0. The largest absolute Gasteiger partial charge is 0.506 e. The molecule has 3 atom stereocenters. The lowest BCUT2D eigenvalue weighted by atomic mass is 9.53. The summed E-state index contributed by atoms with van der Waals surface area (Å²) in [6, 6.07) is 0. The predicted molar refractivity (Wildman–Crippen MR) is 79.4 cm³/mol. The van der Waals surface area contributed by atoms with Gasteiger partial charge in [-0.3, -0.25) is 9.59 Å². The van der Waals surface area contributed by atoms with Crippen molar-refractivity contribution in [3.8, 4) is 0 Å². The number of carboxylic acids is 2. The molecule has 0 saturated heterocycles. The van der Waals surface area contributed by atoms with Gasteiger partial charge in [0.15, 0.2) is 6.16 Å². The Morgan fingerprint density at radius 1 is 1.05 bits per heavy atom. The maximum Gasteiger partial charge on any atom is 0.506 e. The van der Waals surface area contributed by atoms with Gasteiger partial charge >= 0.3 is 20.0 Å². The van der Waals surface area contributed by atoms with E-state index in [1.165, 1.54) is 0 Å². The minimum Gasteiger partial charge on any atom is -0.481 e. The average Bonchev–Trinajstić information content (AvgIpc) is 2.18. The third-order valence-corrected chi connectivity index (χ3v) is 4.89. The van der Waals surface area contributed by atoms with E-state index in [2.05, 4.69) is 0 Å². The van der Waals surface area contributed by atoms with E-state index in [1.54, 1.807) is 41.5 Å². The minimum atomic E-state index is -2.71. The van der Waals surface area contributed by atoms with Gasteiger partial charge in [0.25, 0.3) is 0 Å². The second-order valence-corrected chi connectivity index (χ2v) is 8.57. The Morgan fingerprint density at radius 3 is 1.67 bits per heavy atom. The Balaban J connectivity index is 6.33. The van der Waals surface area contributed by atoms with Crippen molar-refractivity contribution in [3.63, 3.8) is 0 Å². The van der Waals surface area contributed by atoms with Crippen LogP contribution in [0.25, 0.3) is 0 Å². The molecule has 122 valence electrons. The van der Waals surface area contributed by atoms with Gasteiger partial charge < -0.3 is 10.2 Å². The number of hydrogen-bond donors (Lipinski definition) is 3. The molecule has 0 heterocycles. The SMILES string of the molecule is CC(C)(C)C(CC(=O)O)C(C[P+](=O)O)(C(=O)O)C(C)(C)C. The third-order valence-electron chi connectivity index (χ3n) is 4.12. The van der Waals surface area contributed by atoms with Crippen LogP contribution in [0.15, 0.2) is 0 Å². The number of aliphatic carboxylic acids is 2. The highest BCUT2D eigenvalue weighted by Crippen LogP contribution is 2.55. The Labute approximate surface area is 126 Å². The van der Waals surface area contributed by atoms with Crippen LogP contribution in [0.1, 0.15) is 48.0 Å². The molecule has 0 aliphatic heterocycles. The zero-order chi connectivity index (χ0) is 17.2. The second kappa shape index (κ2) is 6.41. The fraction of sp³-hybridized carbons (Fsp3) is 0.857. The average molecular weight is 321 g/mol. The molecular formula is C14H26O6P+. The maximum atomic E-state index is 12.0. The van der Waals surface area contributed by atoms with Crippen molar-refractivity contribution in [1.29, 1.82) is 0 Å². The Bertz CT molecular complexity index is 432. The van der Waals surface area contributed by atoms with E-state index < -0.39 is 48.3 Å². The van der Waals surface area contributed by atoms with Crippen molar-refractivity contribution in [2.24, 2.45) is 22.2 Å². The molecule has 3 N–H and O–H groups in total. The van der Waals surface area contributed by atoms with Crippen LogP contribution in [0.2, 0.25) is 0 Å². The van der Waals surface area contributed by atoms with Gasteiger partial charge in [0.05, 0.1) is 0 Å². The summed E-state index contributed by atoms with van der Waals surface area (Å²) in [6.07, 6.45) is -0.827. The van der Waals surface area contributed by atoms with Gasteiger partial charge in [-0.15, -0.1) is 0 Å². The summed E-state index contributed by atoms with van der Waals surface area (Å²) in [5, 5.41) is 19.0. The number of carboxylic acid groups (broad SMARTS) is 2. The highest BCUT2D eigenvalue weighted by atomic mass is 31.1. The molecule has 0 spiro atoms. The van der Waals surface area contributed by atoms with Gasteiger partial charge in [0, 0.05) is 6.42 Å². The fourth-order valence-corrected chi connectivity index (χ4v) is 4.27. The zero-order valence-corrected chi connectivity index (χ0v) is 14.4. The van der Waals surface area contributed by atoms with E-state index in [0.717, 1.165) is 0 Å². The van der Waals surface area contributed by atoms with Crippen molar-refractivity contribution in [3.05, 3.63) is 0 Å². The van der Waals surface area contributed by atoms with Crippen LogP contribution in [0.5, 0.6) is 0 Å². The summed E-state index contributed by atoms with van der Waals surface area (Å²) >= 11 is 0. The van der Waals surface area contributed by atoms with Crippen molar-refractivity contribution in [1.82, 2.24) is 0 Å². The molecule has 0 aromatic heterocycles. The molecule has 0 rings (SSSR count). The van der Waals surface area contributed by atoms with E-state index >= 15 is 0 Å². The molecule has 0 saturated carbocycles. The first-order valence-electron chi connectivity index (χ1n) is 6.75. The fourth-order valence-electron chi connectivity index (χ4n) is 3.02. The standard InChI is InChI=1S/C14H25O6P/c1-12(2,3)9(7-10(15)16)14(11(17)18,8-21(19)20)13(4,5)6/h9H,7-8H2,1-6H3,(H2-,15,16,17,18,19,20)/p+1. The van der Waals surface area contributed by atoms with E-state index in [9.17, 15) is 24.2 Å². The lowest BCUT2D eigenvalue weighted by molar-refractivity contribution is -0.167. The molecular weight excluding hydrogens is 295 g/mol. The molecule has 0 aromatic carbocycles. The van der Waals surface area contributed by atoms with Crippen molar-refractivity contribution in [2.75, 3.05) is 6.16 Å². The Kier molecular flexibility index (Phi) is 6.10. The van der Waals surface area contributed by atoms with Crippen LogP contribution in [-0.2, 0) is 14.2 Å². The van der Waals surface area contributed by atoms with Crippen molar-refractivity contribution in [2.45, 2.75) is 48.0 Å². The molecule has 7 heteroatoms. The highest BCUT2D eigenvalue weighted by Gasteiger charge is 2.62. The highest BCUT2D eigenvalue weighted by molar-refractivity contribution is 7.38. The van der Waals surface area contributed by atoms with Gasteiger partial charge in [-0.1, -0.05) is 41.5 Å². The van der Waals surface area contributed by atoms with Gasteiger partial charge in [-0.05, 0) is 21.3 Å². The van der Waals surface area contributed by atoms with Crippen LogP contribution in [0, 0.1) is 22.2 Å². The topological polar surface area (TPSA) is 112 Å². The molecule has 0 bridgehead atoms. The van der Waals surface area contributed by atoms with Crippen LogP contribution in [0.3, 0.4) is 0 Å². The van der Waals surface area contributed by atoms with Crippen LogP contribution >= 0.6 is 8.03 Å². The lowest BCUT2D eigenvalue weighted by Gasteiger charge is -2.48. The van der Waals surface area contributed by atoms with Gasteiger partial charge in [0.2, 0.25) is 0 Å². The number of carbonyl (C=O) groups is 2. The summed E-state index contributed by atoms with van der Waals surface area (Å²) in [4.78, 5) is 32.6. The molecule has 0 aliphatic carbocycles. The molecule has 21 heavy (non-hydrogen) atoms. The van der Waals surface area contributed by atoms with Gasteiger partial charge in [0.1, 0.15) is 5.41 Å². The summed E-state index contributed by atoms with van der Waals surface area (Å²) in [7, 11) is -2.71. The molecule has 0 aromatic rings. The Morgan fingerprint density at radius 2 is 1.48 bits per heavy atom. The molecule has 3 unspecified atom stereocenters. The van der Waals surface area contributed by atoms with E-state index in [0.29, 0.717) is 0 Å². The van der Waals surface area contributed by atoms with Crippen LogP contribution < -0.4 is 0 Å². The normalized spacial score (nSPS) is 17.8. The van der Waals surface area contributed by atoms with Crippen molar-refractivity contribution < 1.29 is 29.3 Å². The third kappa shape index (κ3) is 4.48. The molecule has 6 nitrogen and oxygen atoms in total. The molecule has 0 fully saturated rings. The molecule has 0 amide bonds. The Hall–Kier alpha value is -1.00. The summed E-state index contributed by atoms with van der Waals surface area (Å²) < 4.78 is 11.4. The summed E-state index contributed by atoms with van der Waals surface area (Å²) in [5.74, 6) is -3.13. The summed E-state index contributed by atoms with van der Waals surface area (Å²) in [5.41, 5.74) is -3.12.